The van der Waals surface area contributed by atoms with Gasteiger partial charge in [-0.15, -0.1) is 11.3 Å². The molecule has 3 aliphatic heterocycles. The van der Waals surface area contributed by atoms with E-state index in [-0.39, 0.29) is 11.9 Å². The van der Waals surface area contributed by atoms with Gasteiger partial charge in [-0.1, -0.05) is 18.2 Å². The van der Waals surface area contributed by atoms with Crippen LogP contribution in [0, 0.1) is 5.82 Å². The number of nitrogens with zero attached hydrogens (tertiary/aromatic N) is 1. The molecule has 2 aromatic carbocycles. The molecular weight excluding hydrogens is 415 g/mol. The number of fused-ring (bicyclic) bond motifs is 6. The Balaban J connectivity index is 1.21. The van der Waals surface area contributed by atoms with Crippen molar-refractivity contribution in [2.45, 2.75) is 43.2 Å². The Labute approximate surface area is 184 Å². The number of hydrogen-bond donors (Lipinski definition) is 1. The first-order valence-electron chi connectivity index (χ1n) is 10.6. The van der Waals surface area contributed by atoms with Gasteiger partial charge in [0.15, 0.2) is 0 Å². The molecule has 160 valence electrons. The molecule has 5 nitrogen and oxygen atoms in total. The van der Waals surface area contributed by atoms with Crippen molar-refractivity contribution in [3.05, 3.63) is 54.3 Å². The Kier molecular flexibility index (Phi) is 4.19. The number of morpholine rings is 1. The summed E-state index contributed by atoms with van der Waals surface area (Å²) in [5.41, 5.74) is 1.22. The standard InChI is InChI=1S/C24H23FN2O3S/c1-27(2)18-11-15(12-19(27)23-22(18)30-23)29-24(28)26-17-8-7-14(25)10-16(17)21-9-13-5-3-4-6-20(13)31-21/h3-10,15,18-19,22-23H,11-12H2,1-2H3/p+1/t15?,18-,19+,22-,23+. The lowest BCUT2D eigenvalue weighted by Crippen LogP contribution is -2.60. The van der Waals surface area contributed by atoms with Gasteiger partial charge in [-0.25, -0.2) is 9.18 Å². The monoisotopic (exact) mass is 439 g/mol. The van der Waals surface area contributed by atoms with Crippen molar-refractivity contribution < 1.29 is 23.1 Å². The highest BCUT2D eigenvalue weighted by Gasteiger charge is 2.70. The number of nitrogens with one attached hydrogen (secondary N) is 1. The summed E-state index contributed by atoms with van der Waals surface area (Å²) in [6, 6.07) is 15.2. The first-order chi connectivity index (χ1) is 14.9. The fraction of sp³-hybridized carbons (Fsp3) is 0.375. The molecule has 1 aromatic heterocycles. The average molecular weight is 440 g/mol. The summed E-state index contributed by atoms with van der Waals surface area (Å²) in [6.45, 7) is 0. The van der Waals surface area contributed by atoms with E-state index in [1.54, 1.807) is 17.4 Å². The van der Waals surface area contributed by atoms with Crippen LogP contribution in [0.5, 0.6) is 0 Å². The molecule has 7 heteroatoms. The van der Waals surface area contributed by atoms with E-state index >= 15 is 0 Å². The van der Waals surface area contributed by atoms with Crippen molar-refractivity contribution >= 4 is 33.2 Å². The Morgan fingerprint density at radius 1 is 1.13 bits per heavy atom. The minimum Gasteiger partial charge on any atom is -0.445 e. The van der Waals surface area contributed by atoms with Crippen molar-refractivity contribution in [2.24, 2.45) is 0 Å². The Morgan fingerprint density at radius 3 is 2.61 bits per heavy atom. The van der Waals surface area contributed by atoms with Gasteiger partial charge in [0.25, 0.3) is 0 Å². The van der Waals surface area contributed by atoms with Crippen LogP contribution in [0.1, 0.15) is 12.8 Å². The largest absolute Gasteiger partial charge is 0.445 e. The number of anilines is 1. The van der Waals surface area contributed by atoms with Crippen LogP contribution in [-0.2, 0) is 9.47 Å². The zero-order valence-electron chi connectivity index (χ0n) is 17.4. The normalized spacial score (nSPS) is 30.1. The second-order valence-corrected chi connectivity index (χ2v) is 10.4. The number of benzene rings is 2. The van der Waals surface area contributed by atoms with Crippen LogP contribution >= 0.6 is 11.3 Å². The first kappa shape index (κ1) is 19.2. The summed E-state index contributed by atoms with van der Waals surface area (Å²) in [7, 11) is 4.49. The number of hydrogen-bond acceptors (Lipinski definition) is 4. The molecule has 6 rings (SSSR count). The molecule has 1 amide bonds. The number of amides is 1. The number of rotatable bonds is 3. The molecule has 0 saturated carbocycles. The first-order valence-corrected chi connectivity index (χ1v) is 11.5. The highest BCUT2D eigenvalue weighted by Crippen LogP contribution is 2.51. The average Bonchev–Trinajstić information content (AvgIpc) is 3.36. The van der Waals surface area contributed by atoms with E-state index in [9.17, 15) is 9.18 Å². The van der Waals surface area contributed by atoms with Crippen molar-refractivity contribution in [3.8, 4) is 10.4 Å². The Morgan fingerprint density at radius 2 is 1.87 bits per heavy atom. The van der Waals surface area contributed by atoms with E-state index in [1.165, 1.54) is 12.1 Å². The van der Waals surface area contributed by atoms with E-state index < -0.39 is 6.09 Å². The molecule has 0 radical (unpaired) electrons. The molecule has 2 bridgehead atoms. The van der Waals surface area contributed by atoms with Crippen LogP contribution in [-0.4, -0.2) is 55.1 Å². The molecule has 3 saturated heterocycles. The summed E-state index contributed by atoms with van der Waals surface area (Å²) in [5.74, 6) is -0.338. The molecular formula is C24H24FN2O3S+. The van der Waals surface area contributed by atoms with E-state index in [0.717, 1.165) is 32.3 Å². The highest BCUT2D eigenvalue weighted by molar-refractivity contribution is 7.22. The lowest BCUT2D eigenvalue weighted by molar-refractivity contribution is -0.938. The summed E-state index contributed by atoms with van der Waals surface area (Å²) >= 11 is 1.57. The lowest BCUT2D eigenvalue weighted by Gasteiger charge is -2.45. The van der Waals surface area contributed by atoms with Crippen molar-refractivity contribution in [1.82, 2.24) is 0 Å². The molecule has 3 aromatic rings. The number of quaternary nitrogens is 1. The van der Waals surface area contributed by atoms with Crippen molar-refractivity contribution in [1.29, 1.82) is 0 Å². The van der Waals surface area contributed by atoms with Crippen LogP contribution in [0.15, 0.2) is 48.5 Å². The van der Waals surface area contributed by atoms with Gasteiger partial charge in [-0.05, 0) is 35.7 Å². The maximum atomic E-state index is 14.1. The molecule has 1 N–H and O–H groups in total. The van der Waals surface area contributed by atoms with Crippen molar-refractivity contribution in [3.63, 3.8) is 0 Å². The zero-order valence-corrected chi connectivity index (χ0v) is 18.2. The van der Waals surface area contributed by atoms with E-state index in [0.29, 0.717) is 35.5 Å². The molecule has 31 heavy (non-hydrogen) atoms. The van der Waals surface area contributed by atoms with Gasteiger partial charge in [0.1, 0.15) is 36.2 Å². The van der Waals surface area contributed by atoms with Gasteiger partial charge < -0.3 is 14.0 Å². The van der Waals surface area contributed by atoms with Crippen LogP contribution in [0.4, 0.5) is 14.9 Å². The van der Waals surface area contributed by atoms with Gasteiger partial charge in [0.05, 0.1) is 19.8 Å². The molecule has 5 atom stereocenters. The molecule has 3 fully saturated rings. The van der Waals surface area contributed by atoms with Gasteiger partial charge in [-0.3, -0.25) is 5.32 Å². The van der Waals surface area contributed by atoms with Crippen LogP contribution < -0.4 is 5.32 Å². The second kappa shape index (κ2) is 6.76. The number of thiophene rings is 1. The van der Waals surface area contributed by atoms with Gasteiger partial charge in [0.2, 0.25) is 0 Å². The van der Waals surface area contributed by atoms with Crippen molar-refractivity contribution in [2.75, 3.05) is 19.4 Å². The molecule has 4 heterocycles. The third kappa shape index (κ3) is 3.14. The van der Waals surface area contributed by atoms with Gasteiger partial charge in [0, 0.05) is 28.0 Å². The maximum Gasteiger partial charge on any atom is 0.411 e. The number of carbonyl (C=O) groups excluding carboxylic acids is 1. The van der Waals surface area contributed by atoms with E-state index in [1.807, 2.05) is 30.3 Å². The smallest absolute Gasteiger partial charge is 0.411 e. The number of carbonyl (C=O) groups is 1. The second-order valence-electron chi connectivity index (χ2n) is 9.29. The third-order valence-electron chi connectivity index (χ3n) is 7.22. The van der Waals surface area contributed by atoms with E-state index in [2.05, 4.69) is 19.4 Å². The van der Waals surface area contributed by atoms with Gasteiger partial charge >= 0.3 is 6.09 Å². The maximum absolute atomic E-state index is 14.1. The summed E-state index contributed by atoms with van der Waals surface area (Å²) < 4.78 is 27.7. The third-order valence-corrected chi connectivity index (χ3v) is 8.37. The zero-order chi connectivity index (χ0) is 21.3. The number of ether oxygens (including phenoxy) is 2. The number of epoxide rings is 1. The Bertz CT molecular complexity index is 1140. The minimum absolute atomic E-state index is 0.120. The fourth-order valence-electron chi connectivity index (χ4n) is 5.54. The van der Waals surface area contributed by atoms with Crippen LogP contribution in [0.3, 0.4) is 0 Å². The molecule has 3 aliphatic rings. The minimum atomic E-state index is -0.486. The summed E-state index contributed by atoms with van der Waals surface area (Å²) in [5, 5.41) is 3.96. The molecule has 0 aliphatic carbocycles. The van der Waals surface area contributed by atoms with E-state index in [4.69, 9.17) is 9.47 Å². The topological polar surface area (TPSA) is 50.9 Å². The fourth-order valence-corrected chi connectivity index (χ4v) is 6.63. The predicted octanol–water partition coefficient (Wildman–Crippen LogP) is 5.01. The molecule has 0 spiro atoms. The number of piperidine rings is 1. The highest BCUT2D eigenvalue weighted by atomic mass is 32.1. The predicted molar refractivity (Wildman–Crippen MR) is 119 cm³/mol. The SMILES string of the molecule is C[N+]1(C)[C@@H]2CC(OC(=O)Nc3ccc(F)cc3-c3cc4ccccc4s3)C[C@H]1[C@@H]1O[C@@H]12. The Hall–Kier alpha value is -2.48. The quantitative estimate of drug-likeness (QED) is 0.461. The molecule has 1 unspecified atom stereocenters. The van der Waals surface area contributed by atoms with Crippen LogP contribution in [0.2, 0.25) is 0 Å². The van der Waals surface area contributed by atoms with Gasteiger partial charge in [-0.2, -0.15) is 0 Å². The number of likely N-dealkylation sites (N-methyl/N-ethyl adjacent to an activating group) is 1. The number of halogens is 1. The van der Waals surface area contributed by atoms with Crippen LogP contribution in [0.25, 0.3) is 20.5 Å². The lowest BCUT2D eigenvalue weighted by atomic mass is 9.96. The summed E-state index contributed by atoms with van der Waals surface area (Å²) in [6.07, 6.45) is 1.64. The summed E-state index contributed by atoms with van der Waals surface area (Å²) in [4.78, 5) is 13.7.